The van der Waals surface area contributed by atoms with Gasteiger partial charge in [0.2, 0.25) is 0 Å². The SMILES string of the molecule is c1ccc(CO[C@H]2[C@@H]3OC[C@@H](O3)[C@H]3N[C@H]32)cc1. The van der Waals surface area contributed by atoms with Crippen molar-refractivity contribution in [3.05, 3.63) is 35.9 Å². The van der Waals surface area contributed by atoms with Gasteiger partial charge in [-0.1, -0.05) is 30.3 Å². The Morgan fingerprint density at radius 2 is 2.12 bits per heavy atom. The Kier molecular flexibility index (Phi) is 2.23. The fraction of sp³-hybridized carbons (Fsp3) is 0.538. The van der Waals surface area contributed by atoms with Crippen LogP contribution in [0.2, 0.25) is 0 Å². The summed E-state index contributed by atoms with van der Waals surface area (Å²) in [6.07, 6.45) is 0.0838. The Morgan fingerprint density at radius 1 is 1.24 bits per heavy atom. The highest BCUT2D eigenvalue weighted by Gasteiger charge is 2.59. The summed E-state index contributed by atoms with van der Waals surface area (Å²) in [7, 11) is 0. The lowest BCUT2D eigenvalue weighted by atomic mass is 10.1. The molecule has 2 bridgehead atoms. The van der Waals surface area contributed by atoms with Crippen LogP contribution in [-0.2, 0) is 20.8 Å². The third-order valence-electron chi connectivity index (χ3n) is 3.70. The Balaban J connectivity index is 1.43. The molecule has 4 nitrogen and oxygen atoms in total. The molecule has 3 fully saturated rings. The first-order valence-electron chi connectivity index (χ1n) is 6.10. The summed E-state index contributed by atoms with van der Waals surface area (Å²) in [4.78, 5) is 0. The molecule has 1 aromatic carbocycles. The minimum atomic E-state index is -0.181. The number of hydrogen-bond donors (Lipinski definition) is 1. The Morgan fingerprint density at radius 3 is 3.00 bits per heavy atom. The molecule has 90 valence electrons. The summed E-state index contributed by atoms with van der Waals surface area (Å²) in [5.74, 6) is 0. The molecule has 4 heteroatoms. The van der Waals surface area contributed by atoms with Crippen LogP contribution < -0.4 is 5.32 Å². The molecule has 3 aliphatic heterocycles. The lowest BCUT2D eigenvalue weighted by Gasteiger charge is -2.25. The van der Waals surface area contributed by atoms with Crippen molar-refractivity contribution >= 4 is 0 Å². The van der Waals surface area contributed by atoms with Gasteiger partial charge in [-0.05, 0) is 5.56 Å². The summed E-state index contributed by atoms with van der Waals surface area (Å²) < 4.78 is 17.3. The van der Waals surface area contributed by atoms with E-state index in [1.165, 1.54) is 5.56 Å². The predicted molar refractivity (Wildman–Crippen MR) is 60.3 cm³/mol. The first-order valence-corrected chi connectivity index (χ1v) is 6.10. The third-order valence-corrected chi connectivity index (χ3v) is 3.70. The van der Waals surface area contributed by atoms with Gasteiger partial charge in [-0.2, -0.15) is 0 Å². The van der Waals surface area contributed by atoms with Crippen molar-refractivity contribution in [1.29, 1.82) is 0 Å². The molecule has 3 saturated heterocycles. The van der Waals surface area contributed by atoms with Crippen molar-refractivity contribution in [3.8, 4) is 0 Å². The van der Waals surface area contributed by atoms with Gasteiger partial charge < -0.3 is 19.5 Å². The van der Waals surface area contributed by atoms with Gasteiger partial charge in [0.25, 0.3) is 0 Å². The van der Waals surface area contributed by atoms with Crippen molar-refractivity contribution in [2.75, 3.05) is 6.61 Å². The molecule has 1 N–H and O–H groups in total. The van der Waals surface area contributed by atoms with Gasteiger partial charge in [0.1, 0.15) is 12.2 Å². The van der Waals surface area contributed by atoms with Gasteiger partial charge in [-0.15, -0.1) is 0 Å². The zero-order valence-corrected chi connectivity index (χ0v) is 9.41. The fourth-order valence-corrected chi connectivity index (χ4v) is 2.72. The van der Waals surface area contributed by atoms with E-state index in [0.717, 1.165) is 0 Å². The van der Waals surface area contributed by atoms with E-state index in [1.54, 1.807) is 0 Å². The van der Waals surface area contributed by atoms with E-state index in [1.807, 2.05) is 18.2 Å². The largest absolute Gasteiger partial charge is 0.367 e. The van der Waals surface area contributed by atoms with Gasteiger partial charge in [-0.25, -0.2) is 0 Å². The first-order chi connectivity index (χ1) is 8.42. The van der Waals surface area contributed by atoms with E-state index < -0.39 is 0 Å². The van der Waals surface area contributed by atoms with Gasteiger partial charge in [-0.3, -0.25) is 0 Å². The number of hydrogen-bond acceptors (Lipinski definition) is 4. The second-order valence-corrected chi connectivity index (χ2v) is 4.86. The molecule has 3 aliphatic rings. The van der Waals surface area contributed by atoms with Crippen molar-refractivity contribution in [2.24, 2.45) is 0 Å². The predicted octanol–water partition coefficient (Wildman–Crippen LogP) is 0.667. The maximum atomic E-state index is 5.94. The molecule has 0 radical (unpaired) electrons. The summed E-state index contributed by atoms with van der Waals surface area (Å²) in [6.45, 7) is 1.31. The second-order valence-electron chi connectivity index (χ2n) is 4.86. The molecule has 1 aromatic rings. The summed E-state index contributed by atoms with van der Waals surface area (Å²) in [5.41, 5.74) is 1.19. The standard InChI is InChI=1S/C13H15NO3/c1-2-4-8(5-3-1)6-15-12-11-10(14-11)9-7-16-13(12)17-9/h1-5,9-14H,6-7H2/t9-,10-,11-,12-,13-/m1/s1. The molecule has 17 heavy (non-hydrogen) atoms. The Bertz CT molecular complexity index is 410. The van der Waals surface area contributed by atoms with Crippen molar-refractivity contribution in [1.82, 2.24) is 5.32 Å². The number of rotatable bonds is 3. The molecule has 3 heterocycles. The third kappa shape index (κ3) is 1.68. The molecule has 0 aliphatic carbocycles. The van der Waals surface area contributed by atoms with Crippen LogP contribution >= 0.6 is 0 Å². The zero-order valence-electron chi connectivity index (χ0n) is 9.41. The minimum Gasteiger partial charge on any atom is -0.367 e. The highest BCUT2D eigenvalue weighted by atomic mass is 16.7. The van der Waals surface area contributed by atoms with Crippen molar-refractivity contribution in [3.63, 3.8) is 0 Å². The topological polar surface area (TPSA) is 49.6 Å². The zero-order chi connectivity index (χ0) is 11.2. The van der Waals surface area contributed by atoms with Gasteiger partial charge in [0.15, 0.2) is 6.29 Å². The van der Waals surface area contributed by atoms with Crippen LogP contribution in [0.5, 0.6) is 0 Å². The molecule has 0 aromatic heterocycles. The number of fused-ring (bicyclic) bond motifs is 4. The average Bonchev–Trinajstić information content (AvgIpc) is 3.05. The molecular weight excluding hydrogens is 218 g/mol. The van der Waals surface area contributed by atoms with Gasteiger partial charge >= 0.3 is 0 Å². The maximum Gasteiger partial charge on any atom is 0.185 e. The Hall–Kier alpha value is -0.940. The van der Waals surface area contributed by atoms with Crippen LogP contribution in [0.3, 0.4) is 0 Å². The van der Waals surface area contributed by atoms with E-state index in [2.05, 4.69) is 17.4 Å². The summed E-state index contributed by atoms with van der Waals surface area (Å²) >= 11 is 0. The molecule has 0 unspecified atom stereocenters. The quantitative estimate of drug-likeness (QED) is 0.779. The van der Waals surface area contributed by atoms with Gasteiger partial charge in [0.05, 0.1) is 25.3 Å². The highest BCUT2D eigenvalue weighted by molar-refractivity contribution is 5.16. The number of ether oxygens (including phenoxy) is 3. The number of benzene rings is 1. The minimum absolute atomic E-state index is 0.0268. The van der Waals surface area contributed by atoms with Crippen LogP contribution in [0.1, 0.15) is 5.56 Å². The van der Waals surface area contributed by atoms with Crippen LogP contribution in [0.4, 0.5) is 0 Å². The molecule has 0 amide bonds. The molecular formula is C13H15NO3. The normalized spacial score (nSPS) is 42.2. The fourth-order valence-electron chi connectivity index (χ4n) is 2.72. The molecule has 5 atom stereocenters. The van der Waals surface area contributed by atoms with Crippen molar-refractivity contribution in [2.45, 2.75) is 37.2 Å². The van der Waals surface area contributed by atoms with E-state index >= 15 is 0 Å². The van der Waals surface area contributed by atoms with Crippen LogP contribution in [0, 0.1) is 0 Å². The van der Waals surface area contributed by atoms with Crippen molar-refractivity contribution < 1.29 is 14.2 Å². The maximum absolute atomic E-state index is 5.94. The van der Waals surface area contributed by atoms with Crippen LogP contribution in [-0.4, -0.2) is 37.2 Å². The Labute approximate surface area is 99.9 Å². The smallest absolute Gasteiger partial charge is 0.185 e. The molecule has 4 rings (SSSR count). The van der Waals surface area contributed by atoms with Crippen LogP contribution in [0.15, 0.2) is 30.3 Å². The summed E-state index contributed by atoms with van der Waals surface area (Å²) in [6, 6.07) is 11.1. The van der Waals surface area contributed by atoms with E-state index in [-0.39, 0.29) is 18.5 Å². The molecule has 0 spiro atoms. The lowest BCUT2D eigenvalue weighted by molar-refractivity contribution is -0.167. The van der Waals surface area contributed by atoms with E-state index in [4.69, 9.17) is 14.2 Å². The monoisotopic (exact) mass is 233 g/mol. The molecule has 0 saturated carbocycles. The van der Waals surface area contributed by atoms with E-state index in [9.17, 15) is 0 Å². The average molecular weight is 233 g/mol. The van der Waals surface area contributed by atoms with Gasteiger partial charge in [0, 0.05) is 0 Å². The van der Waals surface area contributed by atoms with E-state index in [0.29, 0.717) is 25.3 Å². The van der Waals surface area contributed by atoms with Crippen LogP contribution in [0.25, 0.3) is 0 Å². The highest BCUT2D eigenvalue weighted by Crippen LogP contribution is 2.37. The first kappa shape index (κ1) is 10.0. The lowest BCUT2D eigenvalue weighted by Crippen LogP contribution is -2.41. The summed E-state index contributed by atoms with van der Waals surface area (Å²) in [5, 5.41) is 3.42. The number of nitrogens with one attached hydrogen (secondary N) is 1. The second kappa shape index (κ2) is 3.78.